The highest BCUT2D eigenvalue weighted by molar-refractivity contribution is 7.89. The van der Waals surface area contributed by atoms with Crippen LogP contribution < -0.4 is 10.2 Å². The van der Waals surface area contributed by atoms with Gasteiger partial charge in [0.1, 0.15) is 0 Å². The molecule has 1 aliphatic heterocycles. The molecule has 0 radical (unpaired) electrons. The van der Waals surface area contributed by atoms with E-state index in [4.69, 9.17) is 9.26 Å². The van der Waals surface area contributed by atoms with Crippen LogP contribution in [-0.2, 0) is 31.4 Å². The summed E-state index contributed by atoms with van der Waals surface area (Å²) >= 11 is 0. The van der Waals surface area contributed by atoms with Crippen molar-refractivity contribution in [2.24, 2.45) is 0 Å². The van der Waals surface area contributed by atoms with Gasteiger partial charge in [-0.05, 0) is 32.0 Å². The van der Waals surface area contributed by atoms with Crippen LogP contribution in [0.4, 0.5) is 11.4 Å². The second-order valence-corrected chi connectivity index (χ2v) is 11.1. The zero-order chi connectivity index (χ0) is 24.9. The van der Waals surface area contributed by atoms with Gasteiger partial charge in [0.05, 0.1) is 29.5 Å². The molecular formula is C23H35N5O5S. The number of amides is 1. The summed E-state index contributed by atoms with van der Waals surface area (Å²) in [5.74, 6) is 0.727. The number of ether oxygens (including phenoxy) is 1. The summed E-state index contributed by atoms with van der Waals surface area (Å²) in [5, 5.41) is 6.89. The third-order valence-electron chi connectivity index (χ3n) is 5.66. The van der Waals surface area contributed by atoms with Crippen LogP contribution in [-0.4, -0.2) is 68.2 Å². The van der Waals surface area contributed by atoms with E-state index >= 15 is 0 Å². The molecule has 1 aromatic heterocycles. The van der Waals surface area contributed by atoms with Gasteiger partial charge in [0.25, 0.3) is 0 Å². The van der Waals surface area contributed by atoms with Gasteiger partial charge in [-0.15, -0.1) is 0 Å². The average Bonchev–Trinajstić information content (AvgIpc) is 3.30. The first kappa shape index (κ1) is 26.1. The van der Waals surface area contributed by atoms with Gasteiger partial charge in [0.15, 0.2) is 5.82 Å². The zero-order valence-corrected chi connectivity index (χ0v) is 21.4. The highest BCUT2D eigenvalue weighted by atomic mass is 32.2. The molecule has 2 heterocycles. The number of hydrogen-bond acceptors (Lipinski definition) is 8. The third kappa shape index (κ3) is 6.13. The van der Waals surface area contributed by atoms with Crippen molar-refractivity contribution in [3.8, 4) is 0 Å². The Labute approximate surface area is 201 Å². The van der Waals surface area contributed by atoms with E-state index < -0.39 is 10.0 Å². The van der Waals surface area contributed by atoms with E-state index in [9.17, 15) is 13.2 Å². The van der Waals surface area contributed by atoms with Crippen molar-refractivity contribution in [2.75, 3.05) is 49.6 Å². The zero-order valence-electron chi connectivity index (χ0n) is 20.6. The summed E-state index contributed by atoms with van der Waals surface area (Å²) in [5.41, 5.74) is 0.991. The Hall–Kier alpha value is -2.50. The van der Waals surface area contributed by atoms with E-state index in [0.717, 1.165) is 5.69 Å². The number of benzene rings is 1. The van der Waals surface area contributed by atoms with Gasteiger partial charge < -0.3 is 19.5 Å². The Kier molecular flexibility index (Phi) is 8.32. The fraction of sp³-hybridized carbons (Fsp3) is 0.609. The number of rotatable bonds is 9. The molecule has 0 atom stereocenters. The Balaban J connectivity index is 1.80. The molecule has 188 valence electrons. The number of nitrogens with zero attached hydrogens (tertiary/aromatic N) is 4. The van der Waals surface area contributed by atoms with E-state index in [1.807, 2.05) is 34.6 Å². The number of carbonyl (C=O) groups is 1. The summed E-state index contributed by atoms with van der Waals surface area (Å²) in [6, 6.07) is 4.89. The fourth-order valence-electron chi connectivity index (χ4n) is 3.65. The number of carbonyl (C=O) groups excluding carboxylic acids is 1. The molecule has 11 heteroatoms. The summed E-state index contributed by atoms with van der Waals surface area (Å²) < 4.78 is 38.3. The lowest BCUT2D eigenvalue weighted by molar-refractivity contribution is -0.116. The molecule has 1 fully saturated rings. The van der Waals surface area contributed by atoms with Gasteiger partial charge in [-0.2, -0.15) is 9.29 Å². The van der Waals surface area contributed by atoms with Crippen LogP contribution in [0.2, 0.25) is 0 Å². The minimum atomic E-state index is -3.69. The number of nitrogens with one attached hydrogen (secondary N) is 1. The van der Waals surface area contributed by atoms with Crippen molar-refractivity contribution in [3.05, 3.63) is 29.9 Å². The molecule has 1 aromatic carbocycles. The van der Waals surface area contributed by atoms with E-state index in [1.165, 1.54) is 4.31 Å². The lowest BCUT2D eigenvalue weighted by Gasteiger charge is -2.28. The SMILES string of the molecule is CCN(CC)c1ccc(S(=O)(=O)N2CCOCC2)cc1NC(=O)CCc1nc(C(C)(C)C)no1. The normalized spacial score (nSPS) is 15.3. The van der Waals surface area contributed by atoms with Crippen LogP contribution in [0.3, 0.4) is 0 Å². The summed E-state index contributed by atoms with van der Waals surface area (Å²) in [4.78, 5) is 19.4. The summed E-state index contributed by atoms with van der Waals surface area (Å²) in [6.07, 6.45) is 0.422. The molecule has 1 aliphatic rings. The highest BCUT2D eigenvalue weighted by Crippen LogP contribution is 2.31. The van der Waals surface area contributed by atoms with Crippen molar-refractivity contribution >= 4 is 27.3 Å². The predicted octanol–water partition coefficient (Wildman–Crippen LogP) is 2.81. The summed E-state index contributed by atoms with van der Waals surface area (Å²) in [7, 11) is -3.69. The van der Waals surface area contributed by atoms with Crippen LogP contribution in [0.15, 0.2) is 27.6 Å². The number of anilines is 2. The maximum Gasteiger partial charge on any atom is 0.243 e. The van der Waals surface area contributed by atoms with Gasteiger partial charge in [-0.3, -0.25) is 4.79 Å². The van der Waals surface area contributed by atoms with E-state index in [2.05, 4.69) is 20.4 Å². The molecule has 0 spiro atoms. The second-order valence-electron chi connectivity index (χ2n) is 9.18. The van der Waals surface area contributed by atoms with E-state index in [1.54, 1.807) is 18.2 Å². The molecule has 10 nitrogen and oxygen atoms in total. The third-order valence-corrected chi connectivity index (χ3v) is 7.55. The molecule has 0 bridgehead atoms. The monoisotopic (exact) mass is 493 g/mol. The van der Waals surface area contributed by atoms with Crippen LogP contribution in [0, 0.1) is 0 Å². The smallest absolute Gasteiger partial charge is 0.243 e. The molecule has 0 unspecified atom stereocenters. The topological polar surface area (TPSA) is 118 Å². The minimum absolute atomic E-state index is 0.129. The molecule has 0 aliphatic carbocycles. The number of morpholine rings is 1. The maximum absolute atomic E-state index is 13.2. The predicted molar refractivity (Wildman–Crippen MR) is 130 cm³/mol. The molecule has 1 saturated heterocycles. The summed E-state index contributed by atoms with van der Waals surface area (Å²) in [6.45, 7) is 12.8. The van der Waals surface area contributed by atoms with Crippen LogP contribution in [0.25, 0.3) is 0 Å². The first-order valence-electron chi connectivity index (χ1n) is 11.7. The standard InChI is InChI=1S/C23H35N5O5S/c1-6-27(7-2)19-9-8-17(34(30,31)28-12-14-32-15-13-28)16-18(19)24-20(29)10-11-21-25-22(26-33-21)23(3,4)5/h8-9,16H,6-7,10-15H2,1-5H3,(H,24,29). The molecule has 1 amide bonds. The number of aromatic nitrogens is 2. The Morgan fingerprint density at radius 1 is 1.18 bits per heavy atom. The van der Waals surface area contributed by atoms with Crippen molar-refractivity contribution in [3.63, 3.8) is 0 Å². The van der Waals surface area contributed by atoms with E-state index in [-0.39, 0.29) is 22.6 Å². The van der Waals surface area contributed by atoms with Crippen LogP contribution >= 0.6 is 0 Å². The number of sulfonamides is 1. The Morgan fingerprint density at radius 2 is 1.85 bits per heavy atom. The van der Waals surface area contributed by atoms with Gasteiger partial charge in [-0.1, -0.05) is 25.9 Å². The number of aryl methyl sites for hydroxylation is 1. The van der Waals surface area contributed by atoms with Gasteiger partial charge in [-0.25, -0.2) is 8.42 Å². The number of hydrogen-bond donors (Lipinski definition) is 1. The Morgan fingerprint density at radius 3 is 2.44 bits per heavy atom. The van der Waals surface area contributed by atoms with Gasteiger partial charge in [0, 0.05) is 44.4 Å². The van der Waals surface area contributed by atoms with Gasteiger partial charge in [0.2, 0.25) is 21.8 Å². The fourth-order valence-corrected chi connectivity index (χ4v) is 5.08. The molecule has 0 saturated carbocycles. The van der Waals surface area contributed by atoms with Crippen LogP contribution in [0.5, 0.6) is 0 Å². The molecule has 2 aromatic rings. The molecule has 34 heavy (non-hydrogen) atoms. The first-order chi connectivity index (χ1) is 16.1. The largest absolute Gasteiger partial charge is 0.379 e. The lowest BCUT2D eigenvalue weighted by atomic mass is 9.96. The minimum Gasteiger partial charge on any atom is -0.379 e. The molecule has 1 N–H and O–H groups in total. The molecular weight excluding hydrogens is 458 g/mol. The average molecular weight is 494 g/mol. The second kappa shape index (κ2) is 10.8. The maximum atomic E-state index is 13.2. The first-order valence-corrected chi connectivity index (χ1v) is 13.1. The van der Waals surface area contributed by atoms with Crippen molar-refractivity contribution in [1.82, 2.24) is 14.4 Å². The molecule has 3 rings (SSSR count). The van der Waals surface area contributed by atoms with Crippen LogP contribution in [0.1, 0.15) is 52.8 Å². The highest BCUT2D eigenvalue weighted by Gasteiger charge is 2.28. The quantitative estimate of drug-likeness (QED) is 0.567. The van der Waals surface area contributed by atoms with Crippen molar-refractivity contribution < 1.29 is 22.5 Å². The lowest BCUT2D eigenvalue weighted by Crippen LogP contribution is -2.40. The van der Waals surface area contributed by atoms with E-state index in [0.29, 0.717) is 63.2 Å². The van der Waals surface area contributed by atoms with Crippen molar-refractivity contribution in [1.29, 1.82) is 0 Å². The van der Waals surface area contributed by atoms with Gasteiger partial charge >= 0.3 is 0 Å². The van der Waals surface area contributed by atoms with Crippen molar-refractivity contribution in [2.45, 2.75) is 57.8 Å². The Bertz CT molecular complexity index is 1080.